The van der Waals surface area contributed by atoms with Crippen molar-refractivity contribution < 1.29 is 5.11 Å². The van der Waals surface area contributed by atoms with Crippen molar-refractivity contribution in [3.05, 3.63) is 28.2 Å². The van der Waals surface area contributed by atoms with Gasteiger partial charge in [-0.05, 0) is 18.4 Å². The molecule has 0 aliphatic heterocycles. The molecule has 1 unspecified atom stereocenters. The summed E-state index contributed by atoms with van der Waals surface area (Å²) in [4.78, 5) is 11.4. The molecule has 0 fully saturated rings. The van der Waals surface area contributed by atoms with Gasteiger partial charge in [-0.3, -0.25) is 4.79 Å². The highest BCUT2D eigenvalue weighted by molar-refractivity contribution is 5.24. The van der Waals surface area contributed by atoms with Gasteiger partial charge in [-0.2, -0.15) is 0 Å². The fraction of sp³-hybridized carbons (Fsp3) is 0.545. The van der Waals surface area contributed by atoms with Crippen molar-refractivity contribution in [2.24, 2.45) is 7.05 Å². The van der Waals surface area contributed by atoms with Gasteiger partial charge in [0.1, 0.15) is 5.75 Å². The van der Waals surface area contributed by atoms with Crippen molar-refractivity contribution in [3.8, 4) is 5.75 Å². The predicted molar refractivity (Wildman–Crippen MR) is 56.7 cm³/mol. The van der Waals surface area contributed by atoms with Crippen LogP contribution in [-0.4, -0.2) is 9.67 Å². The summed E-state index contributed by atoms with van der Waals surface area (Å²) in [6.07, 6.45) is 2.10. The van der Waals surface area contributed by atoms with Gasteiger partial charge < -0.3 is 9.67 Å². The summed E-state index contributed by atoms with van der Waals surface area (Å²) in [5.74, 6) is 0.371. The summed E-state index contributed by atoms with van der Waals surface area (Å²) in [6, 6.07) is 2.91. The summed E-state index contributed by atoms with van der Waals surface area (Å²) in [5.41, 5.74) is 0.750. The van der Waals surface area contributed by atoms with Crippen molar-refractivity contribution in [2.45, 2.75) is 32.6 Å². The van der Waals surface area contributed by atoms with Crippen LogP contribution in [0.2, 0.25) is 0 Å². The Kier molecular flexibility index (Phi) is 3.33. The summed E-state index contributed by atoms with van der Waals surface area (Å²) < 4.78 is 1.60. The molecular formula is C11H17NO2. The Bertz CT molecular complexity index is 368. The Hall–Kier alpha value is -1.25. The molecule has 0 aliphatic rings. The maximum absolute atomic E-state index is 11.4. The summed E-state index contributed by atoms with van der Waals surface area (Å²) >= 11 is 0. The molecule has 0 saturated carbocycles. The first kappa shape index (κ1) is 10.8. The Labute approximate surface area is 84.0 Å². The van der Waals surface area contributed by atoms with Gasteiger partial charge in [-0.25, -0.2) is 0 Å². The zero-order valence-corrected chi connectivity index (χ0v) is 8.95. The van der Waals surface area contributed by atoms with Crippen LogP contribution in [0.5, 0.6) is 5.75 Å². The van der Waals surface area contributed by atoms with E-state index >= 15 is 0 Å². The normalized spacial score (nSPS) is 12.8. The Morgan fingerprint density at radius 2 is 2.14 bits per heavy atom. The molecule has 1 rings (SSSR count). The van der Waals surface area contributed by atoms with Gasteiger partial charge in [-0.1, -0.05) is 20.3 Å². The molecule has 0 saturated heterocycles. The first-order chi connectivity index (χ1) is 6.56. The molecule has 1 aromatic rings. The van der Waals surface area contributed by atoms with E-state index in [0.29, 0.717) is 5.92 Å². The molecule has 3 heteroatoms. The van der Waals surface area contributed by atoms with Gasteiger partial charge in [-0.15, -0.1) is 0 Å². The lowest BCUT2D eigenvalue weighted by Crippen LogP contribution is -2.20. The molecule has 0 aliphatic carbocycles. The molecule has 14 heavy (non-hydrogen) atoms. The molecule has 0 bridgehead atoms. The molecule has 3 nitrogen and oxygen atoms in total. The van der Waals surface area contributed by atoms with Crippen LogP contribution in [0.1, 0.15) is 38.3 Å². The van der Waals surface area contributed by atoms with E-state index in [-0.39, 0.29) is 11.3 Å². The zero-order chi connectivity index (χ0) is 10.7. The molecule has 0 spiro atoms. The van der Waals surface area contributed by atoms with Crippen molar-refractivity contribution in [1.82, 2.24) is 4.57 Å². The average molecular weight is 195 g/mol. The third-order valence-corrected chi connectivity index (χ3v) is 2.51. The van der Waals surface area contributed by atoms with E-state index in [4.69, 9.17) is 0 Å². The molecule has 0 aromatic carbocycles. The quantitative estimate of drug-likeness (QED) is 0.801. The fourth-order valence-electron chi connectivity index (χ4n) is 1.69. The van der Waals surface area contributed by atoms with E-state index in [1.807, 2.05) is 0 Å². The van der Waals surface area contributed by atoms with Gasteiger partial charge in [0.15, 0.2) is 0 Å². The smallest absolute Gasteiger partial charge is 0.254 e. The predicted octanol–water partition coefficient (Wildman–Crippen LogP) is 1.99. The minimum Gasteiger partial charge on any atom is -0.508 e. The first-order valence-electron chi connectivity index (χ1n) is 4.96. The molecule has 78 valence electrons. The van der Waals surface area contributed by atoms with Crippen LogP contribution in [0.15, 0.2) is 16.9 Å². The zero-order valence-electron chi connectivity index (χ0n) is 8.95. The topological polar surface area (TPSA) is 42.2 Å². The van der Waals surface area contributed by atoms with E-state index in [1.165, 1.54) is 6.07 Å². The van der Waals surface area contributed by atoms with Gasteiger partial charge in [0.25, 0.3) is 5.56 Å². The highest BCUT2D eigenvalue weighted by atomic mass is 16.3. The molecular weight excluding hydrogens is 178 g/mol. The number of aromatic nitrogens is 1. The van der Waals surface area contributed by atoms with Crippen LogP contribution in [0.3, 0.4) is 0 Å². The fourth-order valence-corrected chi connectivity index (χ4v) is 1.69. The second-order valence-corrected chi connectivity index (χ2v) is 3.73. The van der Waals surface area contributed by atoms with Crippen molar-refractivity contribution in [1.29, 1.82) is 0 Å². The Morgan fingerprint density at radius 3 is 2.71 bits per heavy atom. The maximum Gasteiger partial charge on any atom is 0.254 e. The standard InChI is InChI=1S/C11H17NO2/c1-4-5-8(2)10-6-9(13)7-11(14)12(10)3/h6-8,13H,4-5H2,1-3H3. The molecule has 0 radical (unpaired) electrons. The molecule has 1 aromatic heterocycles. The van der Waals surface area contributed by atoms with Crippen LogP contribution in [0, 0.1) is 0 Å². The Balaban J connectivity index is 3.13. The van der Waals surface area contributed by atoms with Gasteiger partial charge >= 0.3 is 0 Å². The SMILES string of the molecule is CCCC(C)c1cc(O)cc(=O)n1C. The number of aromatic hydroxyl groups is 1. The summed E-state index contributed by atoms with van der Waals surface area (Å²) in [7, 11) is 1.74. The number of hydrogen-bond donors (Lipinski definition) is 1. The number of pyridine rings is 1. The lowest BCUT2D eigenvalue weighted by Gasteiger charge is -2.14. The third-order valence-electron chi connectivity index (χ3n) is 2.51. The van der Waals surface area contributed by atoms with Crippen LogP contribution in [-0.2, 0) is 7.05 Å². The largest absolute Gasteiger partial charge is 0.508 e. The number of rotatable bonds is 3. The minimum atomic E-state index is -0.150. The van der Waals surface area contributed by atoms with Crippen molar-refractivity contribution in [2.75, 3.05) is 0 Å². The van der Waals surface area contributed by atoms with Crippen molar-refractivity contribution >= 4 is 0 Å². The van der Waals surface area contributed by atoms with Crippen LogP contribution < -0.4 is 5.56 Å². The van der Waals surface area contributed by atoms with Crippen LogP contribution >= 0.6 is 0 Å². The van der Waals surface area contributed by atoms with E-state index in [2.05, 4.69) is 13.8 Å². The first-order valence-corrected chi connectivity index (χ1v) is 4.96. The number of hydrogen-bond acceptors (Lipinski definition) is 2. The second-order valence-electron chi connectivity index (χ2n) is 3.73. The van der Waals surface area contributed by atoms with Crippen molar-refractivity contribution in [3.63, 3.8) is 0 Å². The van der Waals surface area contributed by atoms with Gasteiger partial charge in [0.05, 0.1) is 0 Å². The summed E-state index contributed by atoms with van der Waals surface area (Å²) in [6.45, 7) is 4.18. The summed E-state index contributed by atoms with van der Waals surface area (Å²) in [5, 5.41) is 9.32. The minimum absolute atomic E-state index is 0.0612. The average Bonchev–Trinajstić information content (AvgIpc) is 2.11. The second kappa shape index (κ2) is 4.31. The number of nitrogens with zero attached hydrogens (tertiary/aromatic N) is 1. The van der Waals surface area contributed by atoms with E-state index < -0.39 is 0 Å². The highest BCUT2D eigenvalue weighted by Gasteiger charge is 2.09. The van der Waals surface area contributed by atoms with E-state index in [9.17, 15) is 9.90 Å². The van der Waals surface area contributed by atoms with Crippen LogP contribution in [0.25, 0.3) is 0 Å². The van der Waals surface area contributed by atoms with Gasteiger partial charge in [0, 0.05) is 18.8 Å². The molecule has 1 N–H and O–H groups in total. The van der Waals surface area contributed by atoms with Crippen LogP contribution in [0.4, 0.5) is 0 Å². The molecule has 0 amide bonds. The Morgan fingerprint density at radius 1 is 1.50 bits per heavy atom. The highest BCUT2D eigenvalue weighted by Crippen LogP contribution is 2.21. The molecule has 1 heterocycles. The lowest BCUT2D eigenvalue weighted by atomic mass is 10.0. The molecule has 1 atom stereocenters. The third kappa shape index (κ3) is 2.16. The maximum atomic E-state index is 11.4. The van der Waals surface area contributed by atoms with E-state index in [0.717, 1.165) is 18.5 Å². The lowest BCUT2D eigenvalue weighted by molar-refractivity contribution is 0.467. The van der Waals surface area contributed by atoms with Gasteiger partial charge in [0.2, 0.25) is 0 Å². The van der Waals surface area contributed by atoms with E-state index in [1.54, 1.807) is 17.7 Å². The monoisotopic (exact) mass is 195 g/mol.